The molecule has 1 saturated heterocycles. The van der Waals surface area contributed by atoms with Crippen molar-refractivity contribution in [3.05, 3.63) is 88.1 Å². The van der Waals surface area contributed by atoms with Gasteiger partial charge in [-0.15, -0.1) is 11.3 Å². The van der Waals surface area contributed by atoms with E-state index in [-0.39, 0.29) is 5.92 Å². The van der Waals surface area contributed by atoms with Gasteiger partial charge in [0, 0.05) is 10.8 Å². The molecule has 0 bridgehead atoms. The third kappa shape index (κ3) is 5.01. The van der Waals surface area contributed by atoms with Crippen LogP contribution in [0.25, 0.3) is 0 Å². The molecule has 2 atom stereocenters. The molecule has 1 fully saturated rings. The third-order valence-electron chi connectivity index (χ3n) is 6.23. The van der Waals surface area contributed by atoms with Gasteiger partial charge in [0.25, 0.3) is 0 Å². The number of ether oxygens (including phenoxy) is 2. The minimum Gasteiger partial charge on any atom is -0.488 e. The lowest BCUT2D eigenvalue weighted by molar-refractivity contribution is -0.908. The largest absolute Gasteiger partial charge is 0.488 e. The minimum absolute atomic E-state index is 0.0379. The third-order valence-corrected chi connectivity index (χ3v) is 7.22. The van der Waals surface area contributed by atoms with E-state index in [2.05, 4.69) is 19.1 Å². The Bertz CT molecular complexity index is 908. The maximum Gasteiger partial charge on any atom is 0.137 e. The Morgan fingerprint density at radius 3 is 2.42 bits per heavy atom. The van der Waals surface area contributed by atoms with E-state index in [0.717, 1.165) is 61.0 Å². The number of rotatable bonds is 9. The summed E-state index contributed by atoms with van der Waals surface area (Å²) in [5, 5.41) is 14.2. The summed E-state index contributed by atoms with van der Waals surface area (Å²) in [5.74, 6) is 0.807. The van der Waals surface area contributed by atoms with Crippen LogP contribution in [0.5, 0.6) is 5.75 Å². The average Bonchev–Trinajstić information content (AvgIpc) is 3.37. The summed E-state index contributed by atoms with van der Waals surface area (Å²) >= 11 is 1.60. The smallest absolute Gasteiger partial charge is 0.137 e. The van der Waals surface area contributed by atoms with E-state index in [4.69, 9.17) is 9.47 Å². The van der Waals surface area contributed by atoms with Crippen LogP contribution in [-0.2, 0) is 10.3 Å². The first-order valence-corrected chi connectivity index (χ1v) is 12.1. The summed E-state index contributed by atoms with van der Waals surface area (Å²) in [6, 6.07) is 22.4. The first-order valence-electron chi connectivity index (χ1n) is 11.2. The second-order valence-corrected chi connectivity index (χ2v) is 9.05. The Labute approximate surface area is 189 Å². The molecule has 2 N–H and O–H groups in total. The number of aliphatic hydroxyl groups is 1. The SMILES string of the molecule is CC[C@@H](c1ccccc1)[C@](O)(c1ccc(OCC[NH+]2CCOCC2)cc1)c1cccs1. The Kier molecular flexibility index (Phi) is 7.41. The van der Waals surface area contributed by atoms with Gasteiger partial charge < -0.3 is 19.5 Å². The van der Waals surface area contributed by atoms with Crippen LogP contribution in [0, 0.1) is 0 Å². The second kappa shape index (κ2) is 10.4. The first kappa shape index (κ1) is 22.0. The molecule has 0 radical (unpaired) electrons. The summed E-state index contributed by atoms with van der Waals surface area (Å²) in [7, 11) is 0. The van der Waals surface area contributed by atoms with Gasteiger partial charge in [0.2, 0.25) is 0 Å². The standard InChI is InChI=1S/C26H31NO3S/c1-2-24(21-7-4-3-5-8-21)26(28,25-9-6-20-31-25)22-10-12-23(13-11-22)30-19-16-27-14-17-29-18-15-27/h3-13,20,24,28H,2,14-19H2,1H3/p+1/t24-,26+/m0/s1. The normalized spacial score (nSPS) is 17.7. The highest BCUT2D eigenvalue weighted by Gasteiger charge is 2.41. The van der Waals surface area contributed by atoms with Crippen LogP contribution in [0.4, 0.5) is 0 Å². The number of thiophene rings is 1. The molecule has 31 heavy (non-hydrogen) atoms. The number of hydrogen-bond acceptors (Lipinski definition) is 4. The van der Waals surface area contributed by atoms with Gasteiger partial charge in [-0.25, -0.2) is 0 Å². The van der Waals surface area contributed by atoms with Gasteiger partial charge in [0.1, 0.15) is 37.6 Å². The van der Waals surface area contributed by atoms with Crippen molar-refractivity contribution >= 4 is 11.3 Å². The molecule has 2 heterocycles. The number of benzene rings is 2. The number of morpholine rings is 1. The minimum atomic E-state index is -1.08. The fourth-order valence-electron chi connectivity index (χ4n) is 4.50. The van der Waals surface area contributed by atoms with Crippen LogP contribution in [0.15, 0.2) is 72.1 Å². The van der Waals surface area contributed by atoms with E-state index >= 15 is 0 Å². The molecule has 0 spiro atoms. The highest BCUT2D eigenvalue weighted by Crippen LogP contribution is 2.46. The van der Waals surface area contributed by atoms with E-state index in [1.807, 2.05) is 60.0 Å². The molecule has 0 aliphatic carbocycles. The number of nitrogens with one attached hydrogen (secondary N) is 1. The molecule has 164 valence electrons. The topological polar surface area (TPSA) is 43.1 Å². The lowest BCUT2D eigenvalue weighted by atomic mass is 9.75. The van der Waals surface area contributed by atoms with Crippen molar-refractivity contribution in [2.45, 2.75) is 24.9 Å². The van der Waals surface area contributed by atoms with Crippen LogP contribution in [0.2, 0.25) is 0 Å². The molecule has 0 amide bonds. The molecular formula is C26H32NO3S+. The number of quaternary nitrogens is 1. The van der Waals surface area contributed by atoms with Crippen molar-refractivity contribution in [1.82, 2.24) is 0 Å². The molecule has 3 aromatic rings. The van der Waals surface area contributed by atoms with Gasteiger partial charge in [-0.1, -0.05) is 55.5 Å². The van der Waals surface area contributed by atoms with Crippen LogP contribution in [0.3, 0.4) is 0 Å². The fourth-order valence-corrected chi connectivity index (χ4v) is 5.40. The monoisotopic (exact) mass is 438 g/mol. The highest BCUT2D eigenvalue weighted by molar-refractivity contribution is 7.10. The quantitative estimate of drug-likeness (QED) is 0.538. The molecule has 5 heteroatoms. The molecule has 1 aromatic heterocycles. The summed E-state index contributed by atoms with van der Waals surface area (Å²) in [4.78, 5) is 2.50. The molecular weight excluding hydrogens is 406 g/mol. The summed E-state index contributed by atoms with van der Waals surface area (Å²) in [5.41, 5.74) is 0.965. The molecule has 1 aliphatic rings. The van der Waals surface area contributed by atoms with Crippen LogP contribution >= 0.6 is 11.3 Å². The maximum absolute atomic E-state index is 12.1. The summed E-state index contributed by atoms with van der Waals surface area (Å²) in [6.45, 7) is 7.59. The highest BCUT2D eigenvalue weighted by atomic mass is 32.1. The predicted octanol–water partition coefficient (Wildman–Crippen LogP) is 3.47. The Morgan fingerprint density at radius 1 is 1.03 bits per heavy atom. The van der Waals surface area contributed by atoms with Crippen LogP contribution in [0.1, 0.15) is 35.3 Å². The molecule has 4 rings (SSSR count). The van der Waals surface area contributed by atoms with Gasteiger partial charge in [0.15, 0.2) is 0 Å². The molecule has 2 aromatic carbocycles. The predicted molar refractivity (Wildman–Crippen MR) is 125 cm³/mol. The molecule has 0 saturated carbocycles. The van der Waals surface area contributed by atoms with E-state index in [1.54, 1.807) is 11.3 Å². The van der Waals surface area contributed by atoms with E-state index < -0.39 is 5.60 Å². The van der Waals surface area contributed by atoms with Crippen LogP contribution < -0.4 is 9.64 Å². The zero-order valence-corrected chi connectivity index (χ0v) is 18.9. The second-order valence-electron chi connectivity index (χ2n) is 8.10. The Hall–Kier alpha value is -2.18. The van der Waals surface area contributed by atoms with E-state index in [0.29, 0.717) is 6.61 Å². The fraction of sp³-hybridized carbons (Fsp3) is 0.385. The van der Waals surface area contributed by atoms with Crippen molar-refractivity contribution in [2.75, 3.05) is 39.5 Å². The van der Waals surface area contributed by atoms with Crippen molar-refractivity contribution < 1.29 is 19.5 Å². The zero-order valence-electron chi connectivity index (χ0n) is 18.1. The average molecular weight is 439 g/mol. The number of hydrogen-bond donors (Lipinski definition) is 2. The van der Waals surface area contributed by atoms with Gasteiger partial charge in [0.05, 0.1) is 13.2 Å². The van der Waals surface area contributed by atoms with Gasteiger partial charge >= 0.3 is 0 Å². The lowest BCUT2D eigenvalue weighted by Crippen LogP contribution is -3.14. The first-order chi connectivity index (χ1) is 15.2. The van der Waals surface area contributed by atoms with Gasteiger partial charge in [-0.2, -0.15) is 0 Å². The lowest BCUT2D eigenvalue weighted by Gasteiger charge is -2.36. The van der Waals surface area contributed by atoms with Crippen molar-refractivity contribution in [2.24, 2.45) is 0 Å². The Morgan fingerprint density at radius 2 is 1.77 bits per heavy atom. The molecule has 4 nitrogen and oxygen atoms in total. The summed E-state index contributed by atoms with van der Waals surface area (Å²) < 4.78 is 11.4. The van der Waals surface area contributed by atoms with Crippen molar-refractivity contribution in [1.29, 1.82) is 0 Å². The van der Waals surface area contributed by atoms with Crippen LogP contribution in [-0.4, -0.2) is 44.6 Å². The maximum atomic E-state index is 12.1. The van der Waals surface area contributed by atoms with Gasteiger partial charge in [-0.05, 0) is 41.1 Å². The van der Waals surface area contributed by atoms with Gasteiger partial charge in [-0.3, -0.25) is 0 Å². The molecule has 0 unspecified atom stereocenters. The zero-order chi connectivity index (χ0) is 21.5. The van der Waals surface area contributed by atoms with E-state index in [1.165, 1.54) is 4.90 Å². The van der Waals surface area contributed by atoms with Crippen molar-refractivity contribution in [3.63, 3.8) is 0 Å². The Balaban J connectivity index is 1.53. The molecule has 1 aliphatic heterocycles. The summed E-state index contributed by atoms with van der Waals surface area (Å²) in [6.07, 6.45) is 0.832. The van der Waals surface area contributed by atoms with Crippen molar-refractivity contribution in [3.8, 4) is 5.75 Å². The van der Waals surface area contributed by atoms with E-state index in [9.17, 15) is 5.11 Å².